The highest BCUT2D eigenvalue weighted by Crippen LogP contribution is 2.32. The average molecular weight is 498 g/mol. The van der Waals surface area contributed by atoms with E-state index in [0.717, 1.165) is 10.4 Å². The van der Waals surface area contributed by atoms with Crippen molar-refractivity contribution in [1.29, 1.82) is 0 Å². The molecule has 4 nitrogen and oxygen atoms in total. The summed E-state index contributed by atoms with van der Waals surface area (Å²) in [5.41, 5.74) is 1.46. The number of aromatic nitrogens is 1. The zero-order valence-corrected chi connectivity index (χ0v) is 18.9. The predicted octanol–water partition coefficient (Wildman–Crippen LogP) is 7.86. The lowest BCUT2D eigenvalue weighted by molar-refractivity contribution is 0.0997. The monoisotopic (exact) mass is 496 g/mol. The standard InChI is InChI=1S/C21H12Cl4N2O2S/c22-11-4-5-13(17(25)8-11)18-6-7-19(29-18)20(28)27-21-26-10-12(30-21)9-14-15(23)2-1-3-16(14)24/h1-8,10H,9H2,(H,26,27,28). The van der Waals surface area contributed by atoms with Gasteiger partial charge in [0.25, 0.3) is 5.91 Å². The minimum absolute atomic E-state index is 0.141. The summed E-state index contributed by atoms with van der Waals surface area (Å²) in [6, 6.07) is 13.7. The number of nitrogens with one attached hydrogen (secondary N) is 1. The molecule has 0 bridgehead atoms. The summed E-state index contributed by atoms with van der Waals surface area (Å²) in [7, 11) is 0. The number of hydrogen-bond donors (Lipinski definition) is 1. The van der Waals surface area contributed by atoms with Crippen molar-refractivity contribution in [3.8, 4) is 11.3 Å². The van der Waals surface area contributed by atoms with E-state index in [9.17, 15) is 4.79 Å². The molecule has 0 aliphatic rings. The fraction of sp³-hybridized carbons (Fsp3) is 0.0476. The van der Waals surface area contributed by atoms with E-state index >= 15 is 0 Å². The number of hydrogen-bond acceptors (Lipinski definition) is 4. The van der Waals surface area contributed by atoms with Gasteiger partial charge in [0.15, 0.2) is 10.9 Å². The maximum absolute atomic E-state index is 12.5. The van der Waals surface area contributed by atoms with Gasteiger partial charge in [0.2, 0.25) is 0 Å². The minimum atomic E-state index is -0.414. The van der Waals surface area contributed by atoms with E-state index in [1.165, 1.54) is 11.3 Å². The molecule has 0 fully saturated rings. The van der Waals surface area contributed by atoms with Crippen LogP contribution in [0, 0.1) is 0 Å². The highest BCUT2D eigenvalue weighted by Gasteiger charge is 2.16. The molecular weight excluding hydrogens is 486 g/mol. The third-order valence-corrected chi connectivity index (χ3v) is 6.38. The molecule has 0 atom stereocenters. The first-order valence-electron chi connectivity index (χ1n) is 8.65. The van der Waals surface area contributed by atoms with Crippen LogP contribution in [-0.2, 0) is 6.42 Å². The molecule has 30 heavy (non-hydrogen) atoms. The van der Waals surface area contributed by atoms with Gasteiger partial charge in [-0.3, -0.25) is 10.1 Å². The number of rotatable bonds is 5. The molecule has 0 saturated heterocycles. The van der Waals surface area contributed by atoms with Gasteiger partial charge in [0.1, 0.15) is 5.76 Å². The van der Waals surface area contributed by atoms with Gasteiger partial charge in [-0.1, -0.05) is 52.5 Å². The Morgan fingerprint density at radius 2 is 1.77 bits per heavy atom. The molecular formula is C21H12Cl4N2O2S. The van der Waals surface area contributed by atoms with Gasteiger partial charge in [-0.2, -0.15) is 0 Å². The van der Waals surface area contributed by atoms with E-state index in [0.29, 0.717) is 43.0 Å². The predicted molar refractivity (Wildman–Crippen MR) is 123 cm³/mol. The van der Waals surface area contributed by atoms with Crippen LogP contribution in [0.3, 0.4) is 0 Å². The van der Waals surface area contributed by atoms with Crippen LogP contribution in [0.5, 0.6) is 0 Å². The third kappa shape index (κ3) is 4.66. The van der Waals surface area contributed by atoms with Crippen molar-refractivity contribution in [1.82, 2.24) is 4.98 Å². The van der Waals surface area contributed by atoms with Crippen LogP contribution in [0.4, 0.5) is 5.13 Å². The summed E-state index contributed by atoms with van der Waals surface area (Å²) >= 11 is 25.9. The fourth-order valence-electron chi connectivity index (χ4n) is 2.78. The SMILES string of the molecule is O=C(Nc1ncc(Cc2c(Cl)cccc2Cl)s1)c1ccc(-c2ccc(Cl)cc2Cl)o1. The highest BCUT2D eigenvalue weighted by molar-refractivity contribution is 7.15. The number of nitrogens with zero attached hydrogens (tertiary/aromatic N) is 1. The van der Waals surface area contributed by atoms with Crippen molar-refractivity contribution in [3.63, 3.8) is 0 Å². The Morgan fingerprint density at radius 3 is 2.50 bits per heavy atom. The molecule has 0 radical (unpaired) electrons. The Morgan fingerprint density at radius 1 is 1.00 bits per heavy atom. The zero-order valence-electron chi connectivity index (χ0n) is 15.1. The first-order chi connectivity index (χ1) is 14.4. The molecule has 2 aromatic heterocycles. The third-order valence-electron chi connectivity index (χ3n) is 4.21. The Balaban J connectivity index is 1.47. The normalized spacial score (nSPS) is 10.9. The number of anilines is 1. The molecule has 152 valence electrons. The first kappa shape index (κ1) is 21.2. The summed E-state index contributed by atoms with van der Waals surface area (Å²) < 4.78 is 5.66. The molecule has 0 aliphatic carbocycles. The molecule has 9 heteroatoms. The van der Waals surface area contributed by atoms with Crippen LogP contribution < -0.4 is 5.32 Å². The Hall–Kier alpha value is -2.02. The molecule has 0 aliphatic heterocycles. The van der Waals surface area contributed by atoms with Crippen molar-refractivity contribution in [2.75, 3.05) is 5.32 Å². The van der Waals surface area contributed by atoms with Crippen LogP contribution in [0.1, 0.15) is 21.0 Å². The topological polar surface area (TPSA) is 55.1 Å². The van der Waals surface area contributed by atoms with Crippen molar-refractivity contribution >= 4 is 68.8 Å². The first-order valence-corrected chi connectivity index (χ1v) is 11.0. The van der Waals surface area contributed by atoms with Crippen molar-refractivity contribution in [2.45, 2.75) is 6.42 Å². The van der Waals surface area contributed by atoms with Crippen molar-refractivity contribution in [3.05, 3.63) is 91.0 Å². The number of halogens is 4. The van der Waals surface area contributed by atoms with Crippen molar-refractivity contribution in [2.24, 2.45) is 0 Å². The number of carbonyl (C=O) groups excluding carboxylic acids is 1. The lowest BCUT2D eigenvalue weighted by Crippen LogP contribution is -2.10. The van der Waals surface area contributed by atoms with Crippen LogP contribution >= 0.6 is 57.7 Å². The van der Waals surface area contributed by atoms with Crippen LogP contribution in [0.25, 0.3) is 11.3 Å². The summed E-state index contributed by atoms with van der Waals surface area (Å²) in [6.45, 7) is 0. The second-order valence-electron chi connectivity index (χ2n) is 6.25. The summed E-state index contributed by atoms with van der Waals surface area (Å²) in [5, 5.41) is 5.31. The minimum Gasteiger partial charge on any atom is -0.451 e. The molecule has 1 amide bonds. The largest absolute Gasteiger partial charge is 0.451 e. The van der Waals surface area contributed by atoms with Crippen LogP contribution in [0.2, 0.25) is 20.1 Å². The number of amides is 1. The van der Waals surface area contributed by atoms with Gasteiger partial charge in [-0.05, 0) is 48.0 Å². The van der Waals surface area contributed by atoms with E-state index in [-0.39, 0.29) is 5.76 Å². The Bertz CT molecular complexity index is 1220. The number of furan rings is 1. The molecule has 0 saturated carbocycles. The van der Waals surface area contributed by atoms with Gasteiger partial charge in [0, 0.05) is 38.1 Å². The van der Waals surface area contributed by atoms with E-state index in [2.05, 4.69) is 10.3 Å². The molecule has 1 N–H and O–H groups in total. The second kappa shape index (κ2) is 9.00. The smallest absolute Gasteiger partial charge is 0.293 e. The van der Waals surface area contributed by atoms with Crippen LogP contribution in [0.15, 0.2) is 59.1 Å². The number of carbonyl (C=O) groups is 1. The van der Waals surface area contributed by atoms with E-state index < -0.39 is 5.91 Å². The second-order valence-corrected chi connectivity index (χ2v) is 9.02. The highest BCUT2D eigenvalue weighted by atomic mass is 35.5. The maximum atomic E-state index is 12.5. The summed E-state index contributed by atoms with van der Waals surface area (Å²) in [4.78, 5) is 17.7. The fourth-order valence-corrected chi connectivity index (χ4v) is 4.63. The van der Waals surface area contributed by atoms with Gasteiger partial charge in [-0.15, -0.1) is 11.3 Å². The summed E-state index contributed by atoms with van der Waals surface area (Å²) in [5.74, 6) is 0.194. The molecule has 0 unspecified atom stereocenters. The molecule has 2 heterocycles. The molecule has 0 spiro atoms. The molecule has 4 rings (SSSR count). The Kier molecular flexibility index (Phi) is 6.37. The lowest BCUT2D eigenvalue weighted by atomic mass is 10.1. The quantitative estimate of drug-likeness (QED) is 0.305. The summed E-state index contributed by atoms with van der Waals surface area (Å²) in [6.07, 6.45) is 2.20. The Labute approximate surface area is 196 Å². The number of thiazole rings is 1. The number of benzene rings is 2. The molecule has 4 aromatic rings. The average Bonchev–Trinajstić information content (AvgIpc) is 3.35. The maximum Gasteiger partial charge on any atom is 0.293 e. The van der Waals surface area contributed by atoms with E-state index in [1.54, 1.807) is 54.7 Å². The zero-order chi connectivity index (χ0) is 21.3. The lowest BCUT2D eigenvalue weighted by Gasteiger charge is -2.04. The van der Waals surface area contributed by atoms with E-state index in [4.69, 9.17) is 50.8 Å². The molecule has 2 aromatic carbocycles. The van der Waals surface area contributed by atoms with Gasteiger partial charge >= 0.3 is 0 Å². The van der Waals surface area contributed by atoms with Crippen molar-refractivity contribution < 1.29 is 9.21 Å². The van der Waals surface area contributed by atoms with Gasteiger partial charge < -0.3 is 4.42 Å². The van der Waals surface area contributed by atoms with E-state index in [1.807, 2.05) is 0 Å². The van der Waals surface area contributed by atoms with Gasteiger partial charge in [-0.25, -0.2) is 4.98 Å². The van der Waals surface area contributed by atoms with Gasteiger partial charge in [0.05, 0.1) is 5.02 Å². The van der Waals surface area contributed by atoms with Crippen LogP contribution in [-0.4, -0.2) is 10.9 Å².